The van der Waals surface area contributed by atoms with Gasteiger partial charge in [-0.15, -0.1) is 0 Å². The zero-order chi connectivity index (χ0) is 21.2. The van der Waals surface area contributed by atoms with Crippen molar-refractivity contribution < 1.29 is 28.8 Å². The predicted molar refractivity (Wildman–Crippen MR) is 132 cm³/mol. The zero-order valence-electron chi connectivity index (χ0n) is 17.6. The Balaban J connectivity index is 0. The molecule has 5 nitrogen and oxygen atoms in total. The second kappa shape index (κ2) is 15.2. The molecule has 172 valence electrons. The van der Waals surface area contributed by atoms with Gasteiger partial charge in [-0.3, -0.25) is 19.0 Å². The van der Waals surface area contributed by atoms with E-state index < -0.39 is 0 Å². The van der Waals surface area contributed by atoms with Crippen molar-refractivity contribution in [2.75, 3.05) is 26.1 Å². The number of ether oxygens (including phenoxy) is 1. The van der Waals surface area contributed by atoms with Gasteiger partial charge in [0.15, 0.2) is 23.1 Å². The van der Waals surface area contributed by atoms with Gasteiger partial charge in [-0.25, -0.2) is 0 Å². The Morgan fingerprint density at radius 3 is 2.09 bits per heavy atom. The Morgan fingerprint density at radius 1 is 0.906 bits per heavy atom. The smallest absolute Gasteiger partial charge is 0.163 e. The highest BCUT2D eigenvalue weighted by molar-refractivity contribution is 6.09. The predicted octanol–water partition coefficient (Wildman–Crippen LogP) is 3.40. The first-order valence-corrected chi connectivity index (χ1v) is 9.12. The number of halogens is 2. The molecule has 8 heteroatoms. The minimum atomic E-state index is -0.296. The van der Waals surface area contributed by atoms with Crippen LogP contribution in [0.3, 0.4) is 0 Å². The Kier molecular flexibility index (Phi) is 14.5. The first kappa shape index (κ1) is 30.5. The molecule has 0 atom stereocenters. The molecule has 2 aromatic rings. The van der Waals surface area contributed by atoms with Crippen LogP contribution in [0.15, 0.2) is 66.8 Å². The molecule has 0 saturated carbocycles. The molecule has 0 saturated heterocycles. The summed E-state index contributed by atoms with van der Waals surface area (Å²) in [5, 5.41) is 9.57. The van der Waals surface area contributed by atoms with Crippen LogP contribution in [0.2, 0.25) is 0 Å². The molecule has 2 aromatic carbocycles. The highest BCUT2D eigenvalue weighted by Gasteiger charge is 2.04. The minimum Gasteiger partial charge on any atom is -0.504 e. The van der Waals surface area contributed by atoms with Crippen molar-refractivity contribution in [2.24, 2.45) is 0 Å². The molecule has 0 aliphatic rings. The fraction of sp³-hybridized carbons (Fsp3) is 0.167. The summed E-state index contributed by atoms with van der Waals surface area (Å²) in [7, 11) is 5.42. The lowest BCUT2D eigenvalue weighted by molar-refractivity contribution is -0.121. The van der Waals surface area contributed by atoms with E-state index in [1.807, 2.05) is 49.3 Å². The number of methoxy groups -OCH3 is 1. The molecular formula is C24H30BF2NO4. The summed E-state index contributed by atoms with van der Waals surface area (Å²) in [5.41, 5.74) is 2.83. The van der Waals surface area contributed by atoms with Gasteiger partial charge in [0.1, 0.15) is 0 Å². The summed E-state index contributed by atoms with van der Waals surface area (Å²) in [5.74, 6) is -0.217. The molecule has 0 aliphatic heterocycles. The van der Waals surface area contributed by atoms with Crippen LogP contribution in [0.1, 0.15) is 17.5 Å². The van der Waals surface area contributed by atoms with E-state index in [0.29, 0.717) is 11.3 Å². The van der Waals surface area contributed by atoms with Crippen molar-refractivity contribution >= 4 is 37.8 Å². The maximum atomic E-state index is 11.9. The van der Waals surface area contributed by atoms with Gasteiger partial charge in [0.25, 0.3) is 0 Å². The SMILES string of the molecule is B.COc1cc(C=CC(=O)CC(=O)C=CC=Cc2ccc(N(C)C)cc2)ccc1O.F.F. The van der Waals surface area contributed by atoms with E-state index in [4.69, 9.17) is 4.74 Å². The lowest BCUT2D eigenvalue weighted by Crippen LogP contribution is -2.07. The number of rotatable bonds is 9. The van der Waals surface area contributed by atoms with Crippen LogP contribution >= 0.6 is 0 Å². The molecule has 2 rings (SSSR count). The number of benzene rings is 2. The van der Waals surface area contributed by atoms with Crippen LogP contribution in [0, 0.1) is 0 Å². The summed E-state index contributed by atoms with van der Waals surface area (Å²) < 4.78 is 5.02. The number of carbonyl (C=O) groups excluding carboxylic acids is 2. The number of ketones is 2. The quantitative estimate of drug-likeness (QED) is 0.278. The van der Waals surface area contributed by atoms with Gasteiger partial charge in [0, 0.05) is 19.8 Å². The Labute approximate surface area is 189 Å². The molecule has 0 spiro atoms. The van der Waals surface area contributed by atoms with Gasteiger partial charge in [-0.05, 0) is 47.5 Å². The van der Waals surface area contributed by atoms with E-state index in [9.17, 15) is 14.7 Å². The molecular weight excluding hydrogens is 415 g/mol. The molecule has 0 radical (unpaired) electrons. The summed E-state index contributed by atoms with van der Waals surface area (Å²) in [6, 6.07) is 12.8. The molecule has 32 heavy (non-hydrogen) atoms. The van der Waals surface area contributed by atoms with Crippen LogP contribution in [0.25, 0.3) is 12.2 Å². The number of anilines is 1. The Morgan fingerprint density at radius 2 is 1.50 bits per heavy atom. The lowest BCUT2D eigenvalue weighted by Gasteiger charge is -2.11. The number of phenols is 1. The number of nitrogens with zero attached hydrogens (tertiary/aromatic N) is 1. The van der Waals surface area contributed by atoms with Crippen molar-refractivity contribution in [3.05, 3.63) is 77.9 Å². The maximum Gasteiger partial charge on any atom is 0.163 e. The fourth-order valence-corrected chi connectivity index (χ4v) is 2.49. The summed E-state index contributed by atoms with van der Waals surface area (Å²) >= 11 is 0. The fourth-order valence-electron chi connectivity index (χ4n) is 2.49. The molecule has 0 bridgehead atoms. The first-order valence-electron chi connectivity index (χ1n) is 9.12. The summed E-state index contributed by atoms with van der Waals surface area (Å²) in [6.45, 7) is 0. The highest BCUT2D eigenvalue weighted by Crippen LogP contribution is 2.26. The van der Waals surface area contributed by atoms with Crippen LogP contribution in [-0.2, 0) is 9.59 Å². The molecule has 0 fully saturated rings. The van der Waals surface area contributed by atoms with Crippen LogP contribution in [0.4, 0.5) is 15.1 Å². The van der Waals surface area contributed by atoms with Gasteiger partial charge in [0.05, 0.1) is 21.9 Å². The van der Waals surface area contributed by atoms with Gasteiger partial charge in [-0.1, -0.05) is 42.5 Å². The van der Waals surface area contributed by atoms with Crippen molar-refractivity contribution in [3.63, 3.8) is 0 Å². The van der Waals surface area contributed by atoms with E-state index in [1.54, 1.807) is 30.4 Å². The average Bonchev–Trinajstić information content (AvgIpc) is 2.71. The van der Waals surface area contributed by atoms with Gasteiger partial charge >= 0.3 is 0 Å². The van der Waals surface area contributed by atoms with Gasteiger partial charge in [0.2, 0.25) is 0 Å². The third kappa shape index (κ3) is 9.89. The van der Waals surface area contributed by atoms with Crippen LogP contribution < -0.4 is 9.64 Å². The topological polar surface area (TPSA) is 66.8 Å². The van der Waals surface area contributed by atoms with E-state index in [-0.39, 0.29) is 41.6 Å². The number of hydrogen-bond donors (Lipinski definition) is 1. The lowest BCUT2D eigenvalue weighted by atomic mass is 10.1. The van der Waals surface area contributed by atoms with Gasteiger partial charge < -0.3 is 14.7 Å². The molecule has 0 aliphatic carbocycles. The third-order valence-electron chi connectivity index (χ3n) is 4.11. The Hall–Kier alpha value is -3.68. The normalized spacial score (nSPS) is 10.3. The van der Waals surface area contributed by atoms with Crippen molar-refractivity contribution in [2.45, 2.75) is 6.42 Å². The van der Waals surface area contributed by atoms with Crippen molar-refractivity contribution in [1.82, 2.24) is 0 Å². The zero-order valence-corrected chi connectivity index (χ0v) is 17.6. The summed E-state index contributed by atoms with van der Waals surface area (Å²) in [6.07, 6.45) is 9.41. The molecule has 0 aromatic heterocycles. The maximum absolute atomic E-state index is 11.9. The molecule has 0 unspecified atom stereocenters. The van der Waals surface area contributed by atoms with Crippen molar-refractivity contribution in [1.29, 1.82) is 0 Å². The second-order valence-corrected chi connectivity index (χ2v) is 6.58. The van der Waals surface area contributed by atoms with E-state index in [1.165, 1.54) is 25.3 Å². The molecule has 0 heterocycles. The number of allylic oxidation sites excluding steroid dienone is 4. The van der Waals surface area contributed by atoms with Crippen molar-refractivity contribution in [3.8, 4) is 11.5 Å². The minimum absolute atomic E-state index is 0. The Bertz CT molecular complexity index is 955. The number of aromatic hydroxyl groups is 1. The summed E-state index contributed by atoms with van der Waals surface area (Å²) in [4.78, 5) is 25.9. The van der Waals surface area contributed by atoms with E-state index >= 15 is 0 Å². The van der Waals surface area contributed by atoms with E-state index in [0.717, 1.165) is 11.3 Å². The monoisotopic (exact) mass is 445 g/mol. The number of carbonyl (C=O) groups is 2. The average molecular weight is 445 g/mol. The molecule has 1 N–H and O–H groups in total. The van der Waals surface area contributed by atoms with Gasteiger partial charge in [-0.2, -0.15) is 0 Å². The number of hydrogen-bond acceptors (Lipinski definition) is 5. The van der Waals surface area contributed by atoms with Crippen LogP contribution in [-0.4, -0.2) is 46.3 Å². The third-order valence-corrected chi connectivity index (χ3v) is 4.11. The largest absolute Gasteiger partial charge is 0.504 e. The van der Waals surface area contributed by atoms with Crippen LogP contribution in [0.5, 0.6) is 11.5 Å². The molecule has 0 amide bonds. The number of phenolic OH excluding ortho intramolecular Hbond substituents is 1. The highest BCUT2D eigenvalue weighted by atomic mass is 19.0. The van der Waals surface area contributed by atoms with E-state index in [2.05, 4.69) is 0 Å². The standard InChI is InChI=1S/C24H25NO4.BH3.2FH/c1-25(2)20-12-8-18(9-13-20)6-4-5-7-21(26)17-22(27)14-10-19-11-15-23(28)24(16-19)29-3;;;/h4-16,28H,17H2,1-3H3;1H3;2*1H. The second-order valence-electron chi connectivity index (χ2n) is 6.58. The first-order chi connectivity index (χ1) is 13.9.